The number of guanidine groups is 1. The highest BCUT2D eigenvalue weighted by Crippen LogP contribution is 2.13. The zero-order valence-corrected chi connectivity index (χ0v) is 13.8. The first-order valence-corrected chi connectivity index (χ1v) is 7.79. The Kier molecular flexibility index (Phi) is 6.68. The Morgan fingerprint density at radius 2 is 2.18 bits per heavy atom. The Balaban J connectivity index is 1.90. The Morgan fingerprint density at radius 1 is 1.41 bits per heavy atom. The van der Waals surface area contributed by atoms with Crippen LogP contribution in [0.3, 0.4) is 0 Å². The molecular formula is C17H27N3O2. The van der Waals surface area contributed by atoms with Gasteiger partial charge in [0.1, 0.15) is 0 Å². The lowest BCUT2D eigenvalue weighted by Crippen LogP contribution is -2.41. The molecule has 1 N–H and O–H groups in total. The molecule has 0 amide bonds. The molecule has 1 aromatic rings. The molecule has 0 saturated carbocycles. The monoisotopic (exact) mass is 305 g/mol. The lowest BCUT2D eigenvalue weighted by molar-refractivity contribution is 0.181. The number of hydrogen-bond donors (Lipinski definition) is 1. The van der Waals surface area contributed by atoms with E-state index < -0.39 is 0 Å². The van der Waals surface area contributed by atoms with Crippen LogP contribution in [0.5, 0.6) is 0 Å². The fraction of sp³-hybridized carbons (Fsp3) is 0.588. The lowest BCUT2D eigenvalue weighted by Gasteiger charge is -2.24. The van der Waals surface area contributed by atoms with Gasteiger partial charge in [-0.1, -0.05) is 24.3 Å². The van der Waals surface area contributed by atoms with E-state index in [1.54, 1.807) is 7.11 Å². The van der Waals surface area contributed by atoms with Crippen LogP contribution in [0.4, 0.5) is 0 Å². The van der Waals surface area contributed by atoms with Gasteiger partial charge in [-0.05, 0) is 17.5 Å². The normalized spacial score (nSPS) is 18.5. The summed E-state index contributed by atoms with van der Waals surface area (Å²) in [5.41, 5.74) is 2.45. The van der Waals surface area contributed by atoms with Crippen molar-refractivity contribution in [3.8, 4) is 0 Å². The largest absolute Gasteiger partial charge is 0.381 e. The summed E-state index contributed by atoms with van der Waals surface area (Å²) in [6.07, 6.45) is 1.14. The SMILES string of the molecule is CN=C(NCc1ccccc1COC)N(C)CC1CCOC1. The number of aliphatic imine (C=N–C) groups is 1. The number of benzene rings is 1. The van der Waals surface area contributed by atoms with Gasteiger partial charge in [-0.25, -0.2) is 0 Å². The van der Waals surface area contributed by atoms with Gasteiger partial charge in [0.25, 0.3) is 0 Å². The first-order valence-electron chi connectivity index (χ1n) is 7.79. The molecule has 1 fully saturated rings. The van der Waals surface area contributed by atoms with Crippen molar-refractivity contribution >= 4 is 5.96 Å². The van der Waals surface area contributed by atoms with Crippen LogP contribution in [0.15, 0.2) is 29.3 Å². The lowest BCUT2D eigenvalue weighted by atomic mass is 10.1. The van der Waals surface area contributed by atoms with Crippen molar-refractivity contribution in [2.75, 3.05) is 41.0 Å². The van der Waals surface area contributed by atoms with Crippen molar-refractivity contribution in [1.29, 1.82) is 0 Å². The van der Waals surface area contributed by atoms with E-state index in [4.69, 9.17) is 9.47 Å². The summed E-state index contributed by atoms with van der Waals surface area (Å²) in [5.74, 6) is 1.52. The fourth-order valence-corrected chi connectivity index (χ4v) is 2.79. The van der Waals surface area contributed by atoms with Gasteiger partial charge in [0, 0.05) is 46.8 Å². The van der Waals surface area contributed by atoms with Gasteiger partial charge in [-0.2, -0.15) is 0 Å². The average molecular weight is 305 g/mol. The molecule has 0 aliphatic carbocycles. The molecule has 1 saturated heterocycles. The number of nitrogens with zero attached hydrogens (tertiary/aromatic N) is 2. The molecule has 5 heteroatoms. The summed E-state index contributed by atoms with van der Waals surface area (Å²) in [5, 5.41) is 3.44. The highest BCUT2D eigenvalue weighted by molar-refractivity contribution is 5.79. The first-order chi connectivity index (χ1) is 10.7. The second-order valence-electron chi connectivity index (χ2n) is 5.71. The molecule has 22 heavy (non-hydrogen) atoms. The summed E-state index contributed by atoms with van der Waals surface area (Å²) < 4.78 is 10.7. The van der Waals surface area contributed by atoms with Crippen LogP contribution in [0, 0.1) is 5.92 Å². The summed E-state index contributed by atoms with van der Waals surface area (Å²) in [7, 11) is 5.63. The van der Waals surface area contributed by atoms with Crippen LogP contribution >= 0.6 is 0 Å². The number of hydrogen-bond acceptors (Lipinski definition) is 3. The van der Waals surface area contributed by atoms with Gasteiger partial charge in [0.05, 0.1) is 13.2 Å². The predicted molar refractivity (Wildman–Crippen MR) is 88.9 cm³/mol. The van der Waals surface area contributed by atoms with E-state index in [0.29, 0.717) is 12.5 Å². The maximum Gasteiger partial charge on any atom is 0.193 e. The molecule has 1 aliphatic heterocycles. The standard InChI is InChI=1S/C17H27N3O2/c1-18-17(20(2)11-14-8-9-22-12-14)19-10-15-6-4-5-7-16(15)13-21-3/h4-7,14H,8-13H2,1-3H3,(H,18,19). The second kappa shape index (κ2) is 8.76. The summed E-state index contributed by atoms with van der Waals surface area (Å²) in [6.45, 7) is 4.09. The van der Waals surface area contributed by atoms with Crippen LogP contribution in [-0.2, 0) is 22.6 Å². The molecule has 1 unspecified atom stereocenters. The summed E-state index contributed by atoms with van der Waals surface area (Å²) in [4.78, 5) is 6.56. The number of nitrogens with one attached hydrogen (secondary N) is 1. The third-order valence-corrected chi connectivity index (χ3v) is 3.98. The van der Waals surface area contributed by atoms with Crippen molar-refractivity contribution < 1.29 is 9.47 Å². The number of rotatable bonds is 6. The molecule has 5 nitrogen and oxygen atoms in total. The quantitative estimate of drug-likeness (QED) is 0.644. The number of methoxy groups -OCH3 is 1. The van der Waals surface area contributed by atoms with Gasteiger partial charge >= 0.3 is 0 Å². The summed E-state index contributed by atoms with van der Waals surface area (Å²) in [6, 6.07) is 8.32. The third kappa shape index (κ3) is 4.71. The Hall–Kier alpha value is -1.59. The highest BCUT2D eigenvalue weighted by Gasteiger charge is 2.19. The molecular weight excluding hydrogens is 278 g/mol. The first kappa shape index (κ1) is 16.8. The van der Waals surface area contributed by atoms with Crippen LogP contribution in [-0.4, -0.2) is 51.8 Å². The maximum absolute atomic E-state index is 5.44. The van der Waals surface area contributed by atoms with Gasteiger partial charge in [-0.15, -0.1) is 0 Å². The minimum atomic E-state index is 0.601. The molecule has 1 heterocycles. The van der Waals surface area contributed by atoms with E-state index in [1.165, 1.54) is 11.1 Å². The van der Waals surface area contributed by atoms with Crippen molar-refractivity contribution in [1.82, 2.24) is 10.2 Å². The summed E-state index contributed by atoms with van der Waals surface area (Å²) >= 11 is 0. The fourth-order valence-electron chi connectivity index (χ4n) is 2.79. The maximum atomic E-state index is 5.44. The van der Waals surface area contributed by atoms with Gasteiger partial charge in [0.2, 0.25) is 0 Å². The van der Waals surface area contributed by atoms with Crippen molar-refractivity contribution in [2.45, 2.75) is 19.6 Å². The van der Waals surface area contributed by atoms with E-state index in [1.807, 2.05) is 13.1 Å². The molecule has 1 atom stereocenters. The zero-order valence-electron chi connectivity index (χ0n) is 13.8. The Bertz CT molecular complexity index is 485. The van der Waals surface area contributed by atoms with Crippen LogP contribution < -0.4 is 5.32 Å². The molecule has 0 spiro atoms. The Labute approximate surface area is 133 Å². The van der Waals surface area contributed by atoms with Crippen LogP contribution in [0.2, 0.25) is 0 Å². The smallest absolute Gasteiger partial charge is 0.193 e. The van der Waals surface area contributed by atoms with Crippen molar-refractivity contribution in [3.05, 3.63) is 35.4 Å². The van der Waals surface area contributed by atoms with Gasteiger partial charge < -0.3 is 19.7 Å². The van der Waals surface area contributed by atoms with Crippen LogP contribution in [0.25, 0.3) is 0 Å². The Morgan fingerprint density at radius 3 is 2.82 bits per heavy atom. The van der Waals surface area contributed by atoms with Gasteiger partial charge in [0.15, 0.2) is 5.96 Å². The minimum absolute atomic E-state index is 0.601. The van der Waals surface area contributed by atoms with E-state index in [9.17, 15) is 0 Å². The molecule has 0 radical (unpaired) electrons. The second-order valence-corrected chi connectivity index (χ2v) is 5.71. The molecule has 2 rings (SSSR count). The average Bonchev–Trinajstić information content (AvgIpc) is 3.02. The molecule has 1 aromatic carbocycles. The zero-order chi connectivity index (χ0) is 15.8. The highest BCUT2D eigenvalue weighted by atomic mass is 16.5. The molecule has 0 aromatic heterocycles. The minimum Gasteiger partial charge on any atom is -0.381 e. The van der Waals surface area contributed by atoms with Crippen molar-refractivity contribution in [2.24, 2.45) is 10.9 Å². The topological polar surface area (TPSA) is 46.1 Å². The molecule has 122 valence electrons. The van der Waals surface area contributed by atoms with E-state index in [-0.39, 0.29) is 0 Å². The van der Waals surface area contributed by atoms with Crippen molar-refractivity contribution in [3.63, 3.8) is 0 Å². The molecule has 1 aliphatic rings. The van der Waals surface area contributed by atoms with E-state index in [0.717, 1.165) is 38.7 Å². The number of ether oxygens (including phenoxy) is 2. The van der Waals surface area contributed by atoms with Crippen LogP contribution in [0.1, 0.15) is 17.5 Å². The van der Waals surface area contributed by atoms with E-state index in [2.05, 4.69) is 40.5 Å². The third-order valence-electron chi connectivity index (χ3n) is 3.98. The van der Waals surface area contributed by atoms with E-state index >= 15 is 0 Å². The molecule has 0 bridgehead atoms. The van der Waals surface area contributed by atoms with Gasteiger partial charge in [-0.3, -0.25) is 4.99 Å². The predicted octanol–water partition coefficient (Wildman–Crippen LogP) is 1.88.